The first kappa shape index (κ1) is 12.0. The van der Waals surface area contributed by atoms with Crippen molar-refractivity contribution in [2.45, 2.75) is 44.6 Å². The van der Waals surface area contributed by atoms with Gasteiger partial charge in [0.15, 0.2) is 0 Å². The standard InChI is InChI=1S/C11H23NO2/c13-8-3-1-2-4-9-14-11-6-5-7-12-10-11/h11-13H,1-10H2/t11-/m0/s1. The summed E-state index contributed by atoms with van der Waals surface area (Å²) in [6.07, 6.45) is 7.28. The molecule has 0 bridgehead atoms. The number of aliphatic hydroxyl groups excluding tert-OH is 1. The van der Waals surface area contributed by atoms with Crippen LogP contribution in [0.15, 0.2) is 0 Å². The Bertz CT molecular complexity index is 124. The van der Waals surface area contributed by atoms with Gasteiger partial charge in [0.25, 0.3) is 0 Å². The van der Waals surface area contributed by atoms with Crippen LogP contribution < -0.4 is 5.32 Å². The zero-order chi connectivity index (χ0) is 10.1. The minimum absolute atomic E-state index is 0.327. The third-order valence-corrected chi connectivity index (χ3v) is 2.66. The fourth-order valence-corrected chi connectivity index (χ4v) is 1.78. The van der Waals surface area contributed by atoms with Gasteiger partial charge < -0.3 is 15.2 Å². The SMILES string of the molecule is OCCCCCCO[C@H]1CCCNC1. The summed E-state index contributed by atoms with van der Waals surface area (Å²) in [6.45, 7) is 3.39. The van der Waals surface area contributed by atoms with E-state index in [9.17, 15) is 0 Å². The lowest BCUT2D eigenvalue weighted by atomic mass is 10.1. The van der Waals surface area contributed by atoms with Gasteiger partial charge in [-0.25, -0.2) is 0 Å². The molecular weight excluding hydrogens is 178 g/mol. The Morgan fingerprint density at radius 1 is 1.21 bits per heavy atom. The zero-order valence-electron chi connectivity index (χ0n) is 9.00. The van der Waals surface area contributed by atoms with Crippen molar-refractivity contribution in [3.63, 3.8) is 0 Å². The van der Waals surface area contributed by atoms with Crippen molar-refractivity contribution in [2.75, 3.05) is 26.3 Å². The smallest absolute Gasteiger partial charge is 0.0699 e. The molecule has 2 N–H and O–H groups in total. The molecule has 1 atom stereocenters. The van der Waals surface area contributed by atoms with Crippen LogP contribution in [-0.2, 0) is 4.74 Å². The molecule has 1 heterocycles. The van der Waals surface area contributed by atoms with Gasteiger partial charge in [0.05, 0.1) is 6.10 Å². The molecule has 1 rings (SSSR count). The van der Waals surface area contributed by atoms with Crippen molar-refractivity contribution >= 4 is 0 Å². The van der Waals surface area contributed by atoms with Crippen molar-refractivity contribution in [1.82, 2.24) is 5.32 Å². The largest absolute Gasteiger partial charge is 0.396 e. The average Bonchev–Trinajstić information content (AvgIpc) is 2.25. The molecule has 1 saturated heterocycles. The molecule has 0 aromatic rings. The van der Waals surface area contributed by atoms with Gasteiger partial charge in [-0.1, -0.05) is 12.8 Å². The average molecular weight is 201 g/mol. The molecule has 1 aliphatic heterocycles. The van der Waals surface area contributed by atoms with Gasteiger partial charge in [0.1, 0.15) is 0 Å². The van der Waals surface area contributed by atoms with Crippen LogP contribution in [0.25, 0.3) is 0 Å². The lowest BCUT2D eigenvalue weighted by Gasteiger charge is -2.22. The van der Waals surface area contributed by atoms with Crippen LogP contribution in [-0.4, -0.2) is 37.5 Å². The maximum Gasteiger partial charge on any atom is 0.0699 e. The highest BCUT2D eigenvalue weighted by atomic mass is 16.5. The van der Waals surface area contributed by atoms with E-state index < -0.39 is 0 Å². The van der Waals surface area contributed by atoms with Gasteiger partial charge >= 0.3 is 0 Å². The summed E-state index contributed by atoms with van der Waals surface area (Å²) in [7, 11) is 0. The summed E-state index contributed by atoms with van der Waals surface area (Å²) >= 11 is 0. The number of ether oxygens (including phenoxy) is 1. The van der Waals surface area contributed by atoms with E-state index >= 15 is 0 Å². The summed E-state index contributed by atoms with van der Waals surface area (Å²) in [5, 5.41) is 11.9. The second kappa shape index (κ2) is 8.21. The van der Waals surface area contributed by atoms with E-state index in [2.05, 4.69) is 5.32 Å². The molecule has 3 nitrogen and oxygen atoms in total. The lowest BCUT2D eigenvalue weighted by Crippen LogP contribution is -2.35. The first-order chi connectivity index (χ1) is 6.93. The van der Waals surface area contributed by atoms with Crippen LogP contribution in [0, 0.1) is 0 Å². The van der Waals surface area contributed by atoms with Crippen LogP contribution in [0.2, 0.25) is 0 Å². The third kappa shape index (κ3) is 5.58. The van der Waals surface area contributed by atoms with Crippen LogP contribution in [0.1, 0.15) is 38.5 Å². The fourth-order valence-electron chi connectivity index (χ4n) is 1.78. The molecular formula is C11H23NO2. The quantitative estimate of drug-likeness (QED) is 0.610. The van der Waals surface area contributed by atoms with Crippen molar-refractivity contribution < 1.29 is 9.84 Å². The van der Waals surface area contributed by atoms with Crippen LogP contribution in [0.3, 0.4) is 0 Å². The van der Waals surface area contributed by atoms with Crippen LogP contribution in [0.5, 0.6) is 0 Å². The van der Waals surface area contributed by atoms with Gasteiger partial charge in [-0.3, -0.25) is 0 Å². The normalized spacial score (nSPS) is 22.5. The summed E-state index contributed by atoms with van der Waals surface area (Å²) in [5.74, 6) is 0. The number of hydrogen-bond donors (Lipinski definition) is 2. The van der Waals surface area contributed by atoms with Crippen molar-refractivity contribution in [3.05, 3.63) is 0 Å². The molecule has 0 aliphatic carbocycles. The van der Waals surface area contributed by atoms with Crippen molar-refractivity contribution in [3.8, 4) is 0 Å². The van der Waals surface area contributed by atoms with E-state index in [1.165, 1.54) is 19.3 Å². The minimum Gasteiger partial charge on any atom is -0.396 e. The number of rotatable bonds is 7. The molecule has 0 saturated carbocycles. The number of hydrogen-bond acceptors (Lipinski definition) is 3. The molecule has 84 valence electrons. The molecule has 0 radical (unpaired) electrons. The Labute approximate surface area is 86.8 Å². The fraction of sp³-hybridized carbons (Fsp3) is 1.00. The van der Waals surface area contributed by atoms with E-state index in [1.54, 1.807) is 0 Å². The second-order valence-electron chi connectivity index (χ2n) is 3.98. The summed E-state index contributed by atoms with van der Waals surface area (Å²) < 4.78 is 5.74. The molecule has 1 aliphatic rings. The monoisotopic (exact) mass is 201 g/mol. The molecule has 0 unspecified atom stereocenters. The predicted octanol–water partition coefficient (Wildman–Crippen LogP) is 1.31. The summed E-state index contributed by atoms with van der Waals surface area (Å²) in [6, 6.07) is 0. The van der Waals surface area contributed by atoms with Gasteiger partial charge in [-0.15, -0.1) is 0 Å². The maximum absolute atomic E-state index is 8.59. The highest BCUT2D eigenvalue weighted by Crippen LogP contribution is 2.07. The van der Waals surface area contributed by atoms with Gasteiger partial charge in [-0.05, 0) is 32.2 Å². The topological polar surface area (TPSA) is 41.5 Å². The number of aliphatic hydroxyl groups is 1. The van der Waals surface area contributed by atoms with Crippen LogP contribution in [0.4, 0.5) is 0 Å². The van der Waals surface area contributed by atoms with E-state index in [1.807, 2.05) is 0 Å². The Morgan fingerprint density at radius 3 is 2.79 bits per heavy atom. The first-order valence-corrected chi connectivity index (χ1v) is 5.86. The van der Waals surface area contributed by atoms with E-state index in [0.29, 0.717) is 12.7 Å². The second-order valence-corrected chi connectivity index (χ2v) is 3.98. The molecule has 0 aromatic carbocycles. The lowest BCUT2D eigenvalue weighted by molar-refractivity contribution is 0.0346. The maximum atomic E-state index is 8.59. The van der Waals surface area contributed by atoms with E-state index in [-0.39, 0.29) is 0 Å². The van der Waals surface area contributed by atoms with Gasteiger partial charge in [0, 0.05) is 19.8 Å². The van der Waals surface area contributed by atoms with Crippen molar-refractivity contribution in [2.24, 2.45) is 0 Å². The molecule has 1 fully saturated rings. The minimum atomic E-state index is 0.327. The number of nitrogens with one attached hydrogen (secondary N) is 1. The number of unbranched alkanes of at least 4 members (excludes halogenated alkanes) is 3. The Kier molecular flexibility index (Phi) is 7.01. The zero-order valence-corrected chi connectivity index (χ0v) is 9.00. The van der Waals surface area contributed by atoms with Crippen molar-refractivity contribution in [1.29, 1.82) is 0 Å². The third-order valence-electron chi connectivity index (χ3n) is 2.66. The van der Waals surface area contributed by atoms with E-state index in [0.717, 1.165) is 39.0 Å². The number of piperidine rings is 1. The molecule has 0 aromatic heterocycles. The summed E-state index contributed by atoms with van der Waals surface area (Å²) in [4.78, 5) is 0. The van der Waals surface area contributed by atoms with Crippen LogP contribution >= 0.6 is 0 Å². The van der Waals surface area contributed by atoms with E-state index in [4.69, 9.17) is 9.84 Å². The van der Waals surface area contributed by atoms with Gasteiger partial charge in [-0.2, -0.15) is 0 Å². The Morgan fingerprint density at radius 2 is 2.07 bits per heavy atom. The first-order valence-electron chi connectivity index (χ1n) is 5.86. The summed E-state index contributed by atoms with van der Waals surface area (Å²) in [5.41, 5.74) is 0. The molecule has 3 heteroatoms. The highest BCUT2D eigenvalue weighted by Gasteiger charge is 2.12. The van der Waals surface area contributed by atoms with Gasteiger partial charge in [0.2, 0.25) is 0 Å². The molecule has 0 spiro atoms. The Hall–Kier alpha value is -0.120. The predicted molar refractivity (Wildman–Crippen MR) is 57.4 cm³/mol. The highest BCUT2D eigenvalue weighted by molar-refractivity contribution is 4.68. The molecule has 14 heavy (non-hydrogen) atoms. The molecule has 0 amide bonds. The Balaban J connectivity index is 1.82.